The van der Waals surface area contributed by atoms with E-state index in [4.69, 9.17) is 24.7 Å². The van der Waals surface area contributed by atoms with Gasteiger partial charge in [0.1, 0.15) is 18.0 Å². The van der Waals surface area contributed by atoms with Crippen molar-refractivity contribution in [1.29, 1.82) is 0 Å². The van der Waals surface area contributed by atoms with Crippen LogP contribution in [0, 0.1) is 5.92 Å². The number of cyclic esters (lactones) is 1. The summed E-state index contributed by atoms with van der Waals surface area (Å²) in [5.74, 6) is -0.650. The van der Waals surface area contributed by atoms with Crippen LogP contribution in [0.15, 0.2) is 24.3 Å². The number of carbonyl (C=O) groups is 3. The van der Waals surface area contributed by atoms with E-state index in [-0.39, 0.29) is 25.2 Å². The molecule has 2 N–H and O–H groups in total. The van der Waals surface area contributed by atoms with Gasteiger partial charge in [-0.15, -0.1) is 0 Å². The molecule has 10 heteroatoms. The van der Waals surface area contributed by atoms with Gasteiger partial charge in [-0.2, -0.15) is 0 Å². The van der Waals surface area contributed by atoms with Crippen LogP contribution in [-0.2, 0) is 30.2 Å². The van der Waals surface area contributed by atoms with Gasteiger partial charge < -0.3 is 34.5 Å². The van der Waals surface area contributed by atoms with Crippen molar-refractivity contribution in [3.63, 3.8) is 0 Å². The Morgan fingerprint density at radius 2 is 1.75 bits per heavy atom. The van der Waals surface area contributed by atoms with E-state index < -0.39 is 23.1 Å². The van der Waals surface area contributed by atoms with Crippen LogP contribution in [0.5, 0.6) is 5.75 Å². The van der Waals surface area contributed by atoms with Gasteiger partial charge in [-0.25, -0.2) is 14.4 Å². The number of ether oxygens (including phenoxy) is 4. The first-order valence-corrected chi connectivity index (χ1v) is 12.4. The molecular weight excluding hydrogens is 466 g/mol. The van der Waals surface area contributed by atoms with Crippen molar-refractivity contribution >= 4 is 18.0 Å². The Bertz CT molecular complexity index is 922. The second-order valence-corrected chi connectivity index (χ2v) is 10.8. The predicted octanol–water partition coefficient (Wildman–Crippen LogP) is 1.98. The number of nitrogens with zero attached hydrogens (tertiary/aromatic N) is 2. The van der Waals surface area contributed by atoms with E-state index in [2.05, 4.69) is 11.9 Å². The summed E-state index contributed by atoms with van der Waals surface area (Å²) in [6.07, 6.45) is 1.44. The summed E-state index contributed by atoms with van der Waals surface area (Å²) in [7, 11) is 3.29. The molecule has 2 atom stereocenters. The Balaban J connectivity index is 1.53. The number of hydrogen-bond donors (Lipinski definition) is 1. The lowest BCUT2D eigenvalue weighted by Gasteiger charge is -2.30. The highest BCUT2D eigenvalue weighted by Gasteiger charge is 2.46. The molecule has 2 aliphatic heterocycles. The minimum atomic E-state index is -1.97. The molecule has 0 saturated carbocycles. The van der Waals surface area contributed by atoms with Crippen molar-refractivity contribution in [3.8, 4) is 5.75 Å². The monoisotopic (exact) mass is 505 g/mol. The highest BCUT2D eigenvalue weighted by Crippen LogP contribution is 2.23. The first kappa shape index (κ1) is 27.7. The molecule has 0 spiro atoms. The first-order chi connectivity index (χ1) is 16.9. The largest absolute Gasteiger partial charge is 0.490 e. The van der Waals surface area contributed by atoms with Gasteiger partial charge in [0.15, 0.2) is 6.10 Å². The van der Waals surface area contributed by atoms with E-state index in [0.717, 1.165) is 32.5 Å². The molecule has 0 radical (unpaired) electrons. The molecule has 1 aromatic rings. The molecular formula is C26H39N3O7. The van der Waals surface area contributed by atoms with Gasteiger partial charge in [-0.05, 0) is 77.4 Å². The van der Waals surface area contributed by atoms with Crippen LogP contribution in [0.25, 0.3) is 0 Å². The number of carbonyl (C=O) groups excluding carboxylic acids is 3. The summed E-state index contributed by atoms with van der Waals surface area (Å²) in [6.45, 7) is 8.66. The summed E-state index contributed by atoms with van der Waals surface area (Å²) in [4.78, 5) is 41.4. The van der Waals surface area contributed by atoms with E-state index in [0.29, 0.717) is 23.8 Å². The average Bonchev–Trinajstić information content (AvgIpc) is 3.17. The molecule has 2 fully saturated rings. The second kappa shape index (κ2) is 11.5. The number of esters is 2. The highest BCUT2D eigenvalue weighted by atomic mass is 16.6. The summed E-state index contributed by atoms with van der Waals surface area (Å²) in [5.41, 5.74) is 4.04. The molecule has 200 valence electrons. The van der Waals surface area contributed by atoms with Crippen molar-refractivity contribution in [3.05, 3.63) is 29.8 Å². The molecule has 0 aliphatic carbocycles. The maximum absolute atomic E-state index is 12.7. The van der Waals surface area contributed by atoms with Crippen LogP contribution >= 0.6 is 0 Å². The lowest BCUT2D eigenvalue weighted by Crippen LogP contribution is -2.59. The minimum Gasteiger partial charge on any atom is -0.490 e. The van der Waals surface area contributed by atoms with Crippen molar-refractivity contribution in [1.82, 2.24) is 9.80 Å². The zero-order chi connectivity index (χ0) is 26.5. The van der Waals surface area contributed by atoms with E-state index in [1.165, 1.54) is 7.11 Å². The Labute approximate surface area is 213 Å². The fourth-order valence-corrected chi connectivity index (χ4v) is 4.36. The van der Waals surface area contributed by atoms with Gasteiger partial charge in [0.2, 0.25) is 5.54 Å². The first-order valence-electron chi connectivity index (χ1n) is 12.4. The summed E-state index contributed by atoms with van der Waals surface area (Å²) in [6, 6.07) is 6.87. The van der Waals surface area contributed by atoms with Crippen molar-refractivity contribution in [2.75, 3.05) is 46.9 Å². The quantitative estimate of drug-likeness (QED) is 0.305. The zero-order valence-corrected chi connectivity index (χ0v) is 22.0. The third-order valence-electron chi connectivity index (χ3n) is 6.42. The van der Waals surface area contributed by atoms with E-state index in [1.807, 2.05) is 0 Å². The molecule has 2 saturated heterocycles. The van der Waals surface area contributed by atoms with Crippen molar-refractivity contribution < 1.29 is 33.3 Å². The fraction of sp³-hybridized carbons (Fsp3) is 0.654. The molecule has 10 nitrogen and oxygen atoms in total. The lowest BCUT2D eigenvalue weighted by atomic mass is 9.91. The van der Waals surface area contributed by atoms with Crippen LogP contribution < -0.4 is 10.5 Å². The van der Waals surface area contributed by atoms with Gasteiger partial charge in [0, 0.05) is 13.0 Å². The molecule has 36 heavy (non-hydrogen) atoms. The molecule has 2 aliphatic rings. The van der Waals surface area contributed by atoms with Crippen molar-refractivity contribution in [2.45, 2.75) is 57.3 Å². The third-order valence-corrected chi connectivity index (χ3v) is 6.42. The fourth-order valence-electron chi connectivity index (χ4n) is 4.36. The van der Waals surface area contributed by atoms with Gasteiger partial charge >= 0.3 is 18.0 Å². The van der Waals surface area contributed by atoms with Gasteiger partial charge in [-0.1, -0.05) is 12.1 Å². The highest BCUT2D eigenvalue weighted by molar-refractivity contribution is 6.05. The number of rotatable bonds is 9. The zero-order valence-electron chi connectivity index (χ0n) is 22.0. The maximum Gasteiger partial charge on any atom is 0.410 e. The normalized spacial score (nSPS) is 21.0. The molecule has 2 unspecified atom stereocenters. The molecule has 1 aromatic carbocycles. The smallest absolute Gasteiger partial charge is 0.410 e. The third kappa shape index (κ3) is 7.33. The van der Waals surface area contributed by atoms with E-state index in [1.54, 1.807) is 49.9 Å². The number of nitrogens with two attached hydrogens (primary N) is 1. The minimum absolute atomic E-state index is 0.0962. The number of benzene rings is 1. The van der Waals surface area contributed by atoms with Gasteiger partial charge in [0.05, 0.1) is 13.7 Å². The van der Waals surface area contributed by atoms with Gasteiger partial charge in [-0.3, -0.25) is 0 Å². The Kier molecular flexibility index (Phi) is 8.84. The molecule has 1 amide bonds. The lowest BCUT2D eigenvalue weighted by molar-refractivity contribution is -0.170. The van der Waals surface area contributed by atoms with E-state index in [9.17, 15) is 14.4 Å². The molecule has 0 bridgehead atoms. The Hall–Kier alpha value is -2.85. The van der Waals surface area contributed by atoms with Crippen LogP contribution in [0.4, 0.5) is 4.79 Å². The maximum atomic E-state index is 12.7. The predicted molar refractivity (Wildman–Crippen MR) is 132 cm³/mol. The van der Waals surface area contributed by atoms with E-state index >= 15 is 0 Å². The van der Waals surface area contributed by atoms with Crippen LogP contribution in [0.3, 0.4) is 0 Å². The summed E-state index contributed by atoms with van der Waals surface area (Å²) >= 11 is 0. The second-order valence-electron chi connectivity index (χ2n) is 10.8. The van der Waals surface area contributed by atoms with Crippen molar-refractivity contribution in [2.24, 2.45) is 11.7 Å². The summed E-state index contributed by atoms with van der Waals surface area (Å²) < 4.78 is 21.4. The molecule has 3 rings (SSSR count). The topological polar surface area (TPSA) is 121 Å². The number of amides is 1. The molecule has 0 aromatic heterocycles. The Morgan fingerprint density at radius 3 is 2.33 bits per heavy atom. The van der Waals surface area contributed by atoms with Gasteiger partial charge in [0.25, 0.3) is 0 Å². The SMILES string of the molecule is COC(=O)C(N)(Cc1ccc(OCC2CN(CC3CCN(C)CC3)C(=O)O2)cc1)C(=O)OC(C)(C)C. The average molecular weight is 506 g/mol. The number of piperidine rings is 1. The number of methoxy groups -OCH3 is 1. The molecule has 2 heterocycles. The summed E-state index contributed by atoms with van der Waals surface area (Å²) in [5, 5.41) is 0. The van der Waals surface area contributed by atoms with Crippen LogP contribution in [0.2, 0.25) is 0 Å². The number of hydrogen-bond acceptors (Lipinski definition) is 9. The van der Waals surface area contributed by atoms with Crippen LogP contribution in [0.1, 0.15) is 39.2 Å². The standard InChI is InChI=1S/C26H39N3O7/c1-25(2,3)36-23(31)26(27,22(30)33-5)14-18-6-8-20(9-7-18)34-17-21-16-29(24(32)35-21)15-19-10-12-28(4)13-11-19/h6-9,19,21H,10-17,27H2,1-5H3. The number of likely N-dealkylation sites (tertiary alicyclic amines) is 1. The van der Waals surface area contributed by atoms with Crippen LogP contribution in [-0.4, -0.2) is 92.0 Å². The Morgan fingerprint density at radius 1 is 1.11 bits per heavy atom.